The van der Waals surface area contributed by atoms with Crippen molar-refractivity contribution >= 4 is 23.6 Å². The van der Waals surface area contributed by atoms with Crippen LogP contribution in [0.15, 0.2) is 65.4 Å². The molecule has 0 atom stereocenters. The highest BCUT2D eigenvalue weighted by atomic mass is 16.1. The molecule has 0 aliphatic carbocycles. The molecule has 0 saturated carbocycles. The summed E-state index contributed by atoms with van der Waals surface area (Å²) in [6, 6.07) is 1.60. The number of hydrogen-bond acceptors (Lipinski definition) is 4. The Bertz CT molecular complexity index is 627. The predicted octanol–water partition coefficient (Wildman–Crippen LogP) is 2.86. The molecule has 0 unspecified atom stereocenters. The zero-order valence-electron chi connectivity index (χ0n) is 12.2. The SMILES string of the molecule is C=CC=Nc1cnccc1C(=O)NC(/C=C(/C)C=C)=NC. The van der Waals surface area contributed by atoms with Gasteiger partial charge in [-0.3, -0.25) is 19.8 Å². The van der Waals surface area contributed by atoms with Crippen molar-refractivity contribution in [3.8, 4) is 0 Å². The summed E-state index contributed by atoms with van der Waals surface area (Å²) in [6.07, 6.45) is 9.51. The van der Waals surface area contributed by atoms with Crippen LogP contribution in [-0.4, -0.2) is 30.0 Å². The summed E-state index contributed by atoms with van der Waals surface area (Å²) >= 11 is 0. The Morgan fingerprint density at radius 1 is 1.43 bits per heavy atom. The number of allylic oxidation sites excluding steroid dienone is 3. The van der Waals surface area contributed by atoms with Crippen molar-refractivity contribution in [1.82, 2.24) is 10.3 Å². The highest BCUT2D eigenvalue weighted by Gasteiger charge is 2.11. The molecule has 0 aliphatic heterocycles. The topological polar surface area (TPSA) is 66.7 Å². The van der Waals surface area contributed by atoms with Crippen molar-refractivity contribution in [2.45, 2.75) is 6.92 Å². The first-order chi connectivity index (χ1) is 10.1. The van der Waals surface area contributed by atoms with Crippen LogP contribution >= 0.6 is 0 Å². The Hall–Kier alpha value is -2.82. The van der Waals surface area contributed by atoms with Gasteiger partial charge in [-0.25, -0.2) is 0 Å². The monoisotopic (exact) mass is 282 g/mol. The summed E-state index contributed by atoms with van der Waals surface area (Å²) in [5, 5.41) is 2.72. The van der Waals surface area contributed by atoms with Gasteiger partial charge >= 0.3 is 0 Å². The number of aromatic nitrogens is 1. The second kappa shape index (κ2) is 8.37. The fraction of sp³-hybridized carbons (Fsp3) is 0.125. The van der Waals surface area contributed by atoms with Crippen LogP contribution in [0.3, 0.4) is 0 Å². The van der Waals surface area contributed by atoms with Crippen molar-refractivity contribution < 1.29 is 4.79 Å². The minimum Gasteiger partial charge on any atom is -0.307 e. The molecule has 0 radical (unpaired) electrons. The molecule has 1 heterocycles. The molecule has 108 valence electrons. The number of rotatable bonds is 5. The van der Waals surface area contributed by atoms with Crippen LogP contribution in [0.5, 0.6) is 0 Å². The van der Waals surface area contributed by atoms with E-state index in [1.165, 1.54) is 24.7 Å². The van der Waals surface area contributed by atoms with Crippen molar-refractivity contribution in [3.63, 3.8) is 0 Å². The summed E-state index contributed by atoms with van der Waals surface area (Å²) in [6.45, 7) is 9.08. The van der Waals surface area contributed by atoms with Gasteiger partial charge in [0.2, 0.25) is 0 Å². The molecule has 0 spiro atoms. The molecule has 21 heavy (non-hydrogen) atoms. The maximum atomic E-state index is 12.3. The lowest BCUT2D eigenvalue weighted by Gasteiger charge is -2.07. The summed E-state index contributed by atoms with van der Waals surface area (Å²) < 4.78 is 0. The Labute approximate surface area is 124 Å². The van der Waals surface area contributed by atoms with E-state index >= 15 is 0 Å². The molecule has 1 aromatic heterocycles. The highest BCUT2D eigenvalue weighted by Crippen LogP contribution is 2.16. The third kappa shape index (κ3) is 4.99. The molecule has 1 N–H and O–H groups in total. The van der Waals surface area contributed by atoms with Crippen LogP contribution in [0.25, 0.3) is 0 Å². The van der Waals surface area contributed by atoms with Gasteiger partial charge in [0, 0.05) is 19.5 Å². The van der Waals surface area contributed by atoms with Crippen LogP contribution in [0.4, 0.5) is 5.69 Å². The van der Waals surface area contributed by atoms with E-state index in [1.54, 1.807) is 25.3 Å². The van der Waals surface area contributed by atoms with Gasteiger partial charge in [-0.1, -0.05) is 25.3 Å². The lowest BCUT2D eigenvalue weighted by Crippen LogP contribution is -2.29. The van der Waals surface area contributed by atoms with Crippen molar-refractivity contribution in [2.75, 3.05) is 7.05 Å². The normalized spacial score (nSPS) is 12.3. The average molecular weight is 282 g/mol. The van der Waals surface area contributed by atoms with E-state index in [0.29, 0.717) is 17.1 Å². The zero-order chi connectivity index (χ0) is 15.7. The second-order valence-corrected chi connectivity index (χ2v) is 4.06. The van der Waals surface area contributed by atoms with Gasteiger partial charge in [0.25, 0.3) is 5.91 Å². The molecule has 5 heteroatoms. The summed E-state index contributed by atoms with van der Waals surface area (Å²) in [5.41, 5.74) is 1.78. The lowest BCUT2D eigenvalue weighted by molar-refractivity contribution is 0.0978. The first-order valence-corrected chi connectivity index (χ1v) is 6.30. The molecule has 0 bridgehead atoms. The molecule has 1 aromatic rings. The van der Waals surface area contributed by atoms with Gasteiger partial charge in [0.1, 0.15) is 5.84 Å². The Balaban J connectivity index is 3.02. The van der Waals surface area contributed by atoms with Crippen LogP contribution in [0.1, 0.15) is 17.3 Å². The quantitative estimate of drug-likeness (QED) is 0.512. The van der Waals surface area contributed by atoms with Crippen molar-refractivity contribution in [1.29, 1.82) is 0 Å². The Kier molecular flexibility index (Phi) is 6.47. The molecule has 5 nitrogen and oxygen atoms in total. The standard InChI is InChI=1S/C16H18N4O/c1-5-8-19-14-11-18-9-7-13(14)16(21)20-15(17-4)10-12(3)6-2/h5-11H,1-2H2,3-4H3,(H,17,20,21)/b12-10-,19-8?. The number of pyridine rings is 1. The predicted molar refractivity (Wildman–Crippen MR) is 87.4 cm³/mol. The van der Waals surface area contributed by atoms with Crippen LogP contribution in [0, 0.1) is 0 Å². The van der Waals surface area contributed by atoms with Gasteiger partial charge in [0.15, 0.2) is 0 Å². The van der Waals surface area contributed by atoms with Gasteiger partial charge in [-0.15, -0.1) is 0 Å². The number of aliphatic imine (C=N–C) groups is 2. The van der Waals surface area contributed by atoms with Crippen molar-refractivity contribution in [3.05, 3.63) is 61.0 Å². The summed E-state index contributed by atoms with van der Waals surface area (Å²) in [4.78, 5) is 24.4. The zero-order valence-corrected chi connectivity index (χ0v) is 12.2. The third-order valence-electron chi connectivity index (χ3n) is 2.53. The number of nitrogens with zero attached hydrogens (tertiary/aromatic N) is 3. The first kappa shape index (κ1) is 16.2. The fourth-order valence-electron chi connectivity index (χ4n) is 1.43. The summed E-state index contributed by atoms with van der Waals surface area (Å²) in [5.74, 6) is 0.148. The first-order valence-electron chi connectivity index (χ1n) is 6.30. The van der Waals surface area contributed by atoms with Crippen LogP contribution in [-0.2, 0) is 0 Å². The number of carbonyl (C=O) groups excluding carboxylic acids is 1. The average Bonchev–Trinajstić information content (AvgIpc) is 2.52. The van der Waals surface area contributed by atoms with Crippen LogP contribution in [0.2, 0.25) is 0 Å². The Morgan fingerprint density at radius 2 is 2.19 bits per heavy atom. The number of nitrogens with one attached hydrogen (secondary N) is 1. The minimum absolute atomic E-state index is 0.303. The number of amidine groups is 1. The number of carbonyl (C=O) groups is 1. The molecule has 1 rings (SSSR count). The highest BCUT2D eigenvalue weighted by molar-refractivity contribution is 6.12. The molecule has 0 aliphatic rings. The molecular formula is C16H18N4O. The van der Waals surface area contributed by atoms with E-state index in [-0.39, 0.29) is 5.91 Å². The molecule has 0 saturated heterocycles. The van der Waals surface area contributed by atoms with Gasteiger partial charge in [0.05, 0.1) is 17.4 Å². The maximum absolute atomic E-state index is 12.3. The van der Waals surface area contributed by atoms with Crippen LogP contribution < -0.4 is 5.32 Å². The second-order valence-electron chi connectivity index (χ2n) is 4.06. The molecule has 1 amide bonds. The fourth-order valence-corrected chi connectivity index (χ4v) is 1.43. The smallest absolute Gasteiger partial charge is 0.259 e. The molecule has 0 aromatic carbocycles. The van der Waals surface area contributed by atoms with E-state index in [2.05, 4.69) is 33.4 Å². The minimum atomic E-state index is -0.303. The Morgan fingerprint density at radius 3 is 2.81 bits per heavy atom. The van der Waals surface area contributed by atoms with E-state index < -0.39 is 0 Å². The molecule has 0 fully saturated rings. The maximum Gasteiger partial charge on any atom is 0.259 e. The largest absolute Gasteiger partial charge is 0.307 e. The van der Waals surface area contributed by atoms with E-state index in [0.717, 1.165) is 5.57 Å². The van der Waals surface area contributed by atoms with Crippen molar-refractivity contribution in [2.24, 2.45) is 9.98 Å². The van der Waals surface area contributed by atoms with Gasteiger partial charge in [-0.2, -0.15) is 0 Å². The number of hydrogen-bond donors (Lipinski definition) is 1. The van der Waals surface area contributed by atoms with E-state index in [1.807, 2.05) is 6.92 Å². The molecular weight excluding hydrogens is 264 g/mol. The summed E-state index contributed by atoms with van der Waals surface area (Å²) in [7, 11) is 1.60. The van der Waals surface area contributed by atoms with Gasteiger partial charge in [-0.05, 0) is 24.6 Å². The lowest BCUT2D eigenvalue weighted by atomic mass is 10.2. The van der Waals surface area contributed by atoms with E-state index in [4.69, 9.17) is 0 Å². The third-order valence-corrected chi connectivity index (χ3v) is 2.53. The van der Waals surface area contributed by atoms with E-state index in [9.17, 15) is 4.79 Å². The number of amides is 1. The van der Waals surface area contributed by atoms with Gasteiger partial charge < -0.3 is 5.32 Å².